The van der Waals surface area contributed by atoms with Crippen LogP contribution in [0.1, 0.15) is 41.4 Å². The molecule has 4 nitrogen and oxygen atoms in total. The van der Waals surface area contributed by atoms with Crippen molar-refractivity contribution in [1.29, 1.82) is 0 Å². The van der Waals surface area contributed by atoms with Gasteiger partial charge in [0.05, 0.1) is 0 Å². The third-order valence-electron chi connectivity index (χ3n) is 6.07. The zero-order chi connectivity index (χ0) is 20.5. The molecular formula is C26H28N2O2. The molecule has 2 aromatic carbocycles. The molecule has 0 amide bonds. The first-order valence-electron chi connectivity index (χ1n) is 10.8. The first kappa shape index (κ1) is 19.1. The van der Waals surface area contributed by atoms with Crippen LogP contribution in [0.15, 0.2) is 54.6 Å². The van der Waals surface area contributed by atoms with Gasteiger partial charge < -0.3 is 9.47 Å². The molecule has 1 aromatic heterocycles. The maximum absolute atomic E-state index is 5.80. The van der Waals surface area contributed by atoms with Crippen LogP contribution >= 0.6 is 0 Å². The SMILES string of the molecule is Cc1cc(-c2ccc(CN3CCC[C@H]3c3ccc4c(c3)OCCO4)cc2)cc(C)n1. The largest absolute Gasteiger partial charge is 0.486 e. The zero-order valence-corrected chi connectivity index (χ0v) is 17.7. The highest BCUT2D eigenvalue weighted by Gasteiger charge is 2.27. The van der Waals surface area contributed by atoms with E-state index in [0.29, 0.717) is 19.3 Å². The fourth-order valence-corrected chi connectivity index (χ4v) is 4.70. The van der Waals surface area contributed by atoms with Crippen molar-refractivity contribution in [2.45, 2.75) is 39.3 Å². The molecule has 0 N–H and O–H groups in total. The molecule has 30 heavy (non-hydrogen) atoms. The van der Waals surface area contributed by atoms with Crippen LogP contribution in [0.25, 0.3) is 11.1 Å². The van der Waals surface area contributed by atoms with Gasteiger partial charge in [-0.05, 0) is 79.8 Å². The van der Waals surface area contributed by atoms with Crippen molar-refractivity contribution in [3.63, 3.8) is 0 Å². The number of aromatic nitrogens is 1. The Balaban J connectivity index is 1.32. The summed E-state index contributed by atoms with van der Waals surface area (Å²) in [6.07, 6.45) is 2.42. The molecular weight excluding hydrogens is 372 g/mol. The van der Waals surface area contributed by atoms with E-state index in [1.165, 1.54) is 35.1 Å². The van der Waals surface area contributed by atoms with Gasteiger partial charge in [0, 0.05) is 24.0 Å². The number of hydrogen-bond acceptors (Lipinski definition) is 4. The van der Waals surface area contributed by atoms with E-state index in [2.05, 4.69) is 78.3 Å². The van der Waals surface area contributed by atoms with Crippen molar-refractivity contribution < 1.29 is 9.47 Å². The van der Waals surface area contributed by atoms with Gasteiger partial charge >= 0.3 is 0 Å². The second-order valence-electron chi connectivity index (χ2n) is 8.37. The molecule has 5 rings (SSSR count). The lowest BCUT2D eigenvalue weighted by Gasteiger charge is -2.26. The summed E-state index contributed by atoms with van der Waals surface area (Å²) < 4.78 is 11.5. The maximum Gasteiger partial charge on any atom is 0.161 e. The van der Waals surface area contributed by atoms with Gasteiger partial charge in [-0.3, -0.25) is 9.88 Å². The molecule has 2 aliphatic heterocycles. The number of fused-ring (bicyclic) bond motifs is 1. The Morgan fingerprint density at radius 3 is 2.37 bits per heavy atom. The lowest BCUT2D eigenvalue weighted by molar-refractivity contribution is 0.170. The summed E-state index contributed by atoms with van der Waals surface area (Å²) in [6.45, 7) is 7.47. The van der Waals surface area contributed by atoms with Crippen molar-refractivity contribution in [1.82, 2.24) is 9.88 Å². The monoisotopic (exact) mass is 400 g/mol. The summed E-state index contributed by atoms with van der Waals surface area (Å²) in [5, 5.41) is 0. The van der Waals surface area contributed by atoms with Crippen molar-refractivity contribution in [3.8, 4) is 22.6 Å². The topological polar surface area (TPSA) is 34.6 Å². The van der Waals surface area contributed by atoms with Crippen LogP contribution in [0, 0.1) is 13.8 Å². The minimum absolute atomic E-state index is 0.436. The average molecular weight is 401 g/mol. The Hall–Kier alpha value is -2.85. The van der Waals surface area contributed by atoms with Crippen LogP contribution < -0.4 is 9.47 Å². The van der Waals surface area contributed by atoms with Crippen LogP contribution in [0.3, 0.4) is 0 Å². The third kappa shape index (κ3) is 3.92. The molecule has 1 fully saturated rings. The molecule has 0 unspecified atom stereocenters. The number of likely N-dealkylation sites (tertiary alicyclic amines) is 1. The summed E-state index contributed by atoms with van der Waals surface area (Å²) in [5.74, 6) is 1.75. The fourth-order valence-electron chi connectivity index (χ4n) is 4.70. The van der Waals surface area contributed by atoms with Gasteiger partial charge in [-0.25, -0.2) is 0 Å². The molecule has 3 heterocycles. The Bertz CT molecular complexity index is 1030. The van der Waals surface area contributed by atoms with Gasteiger partial charge in [0.1, 0.15) is 13.2 Å². The van der Waals surface area contributed by atoms with Crippen LogP contribution in [0.4, 0.5) is 0 Å². The van der Waals surface area contributed by atoms with E-state index in [1.807, 2.05) is 0 Å². The normalized spacial score (nSPS) is 18.5. The van der Waals surface area contributed by atoms with Crippen molar-refractivity contribution in [2.75, 3.05) is 19.8 Å². The van der Waals surface area contributed by atoms with E-state index in [0.717, 1.165) is 36.0 Å². The lowest BCUT2D eigenvalue weighted by Crippen LogP contribution is -2.23. The van der Waals surface area contributed by atoms with Gasteiger partial charge in [0.2, 0.25) is 0 Å². The minimum atomic E-state index is 0.436. The quantitative estimate of drug-likeness (QED) is 0.581. The second kappa shape index (κ2) is 8.11. The van der Waals surface area contributed by atoms with Crippen molar-refractivity contribution >= 4 is 0 Å². The number of aryl methyl sites for hydroxylation is 2. The molecule has 0 saturated carbocycles. The van der Waals surface area contributed by atoms with Crippen molar-refractivity contribution in [2.24, 2.45) is 0 Å². The van der Waals surface area contributed by atoms with E-state index >= 15 is 0 Å². The predicted octanol–water partition coefficient (Wildman–Crippen LogP) is 5.47. The Labute approximate surface area is 178 Å². The van der Waals surface area contributed by atoms with E-state index in [9.17, 15) is 0 Å². The number of benzene rings is 2. The molecule has 3 aromatic rings. The molecule has 154 valence electrons. The smallest absolute Gasteiger partial charge is 0.161 e. The number of ether oxygens (including phenoxy) is 2. The second-order valence-corrected chi connectivity index (χ2v) is 8.37. The Kier molecular flexibility index (Phi) is 5.17. The minimum Gasteiger partial charge on any atom is -0.486 e. The average Bonchev–Trinajstić information content (AvgIpc) is 3.21. The molecule has 1 atom stereocenters. The Morgan fingerprint density at radius 1 is 0.867 bits per heavy atom. The van der Waals surface area contributed by atoms with Gasteiger partial charge in [-0.2, -0.15) is 0 Å². The molecule has 0 aliphatic carbocycles. The molecule has 1 saturated heterocycles. The summed E-state index contributed by atoms with van der Waals surface area (Å²) in [5.41, 5.74) is 7.29. The number of rotatable bonds is 4. The highest BCUT2D eigenvalue weighted by atomic mass is 16.6. The van der Waals surface area contributed by atoms with E-state index in [-0.39, 0.29) is 0 Å². The van der Waals surface area contributed by atoms with E-state index < -0.39 is 0 Å². The van der Waals surface area contributed by atoms with Crippen LogP contribution in [0.2, 0.25) is 0 Å². The van der Waals surface area contributed by atoms with Gasteiger partial charge in [0.15, 0.2) is 11.5 Å². The highest BCUT2D eigenvalue weighted by Crippen LogP contribution is 2.38. The predicted molar refractivity (Wildman–Crippen MR) is 119 cm³/mol. The molecule has 0 radical (unpaired) electrons. The summed E-state index contributed by atoms with van der Waals surface area (Å²) in [6, 6.07) is 20.2. The Morgan fingerprint density at radius 2 is 1.60 bits per heavy atom. The number of nitrogens with zero attached hydrogens (tertiary/aromatic N) is 2. The highest BCUT2D eigenvalue weighted by molar-refractivity contribution is 5.64. The third-order valence-corrected chi connectivity index (χ3v) is 6.07. The summed E-state index contributed by atoms with van der Waals surface area (Å²) in [7, 11) is 0. The molecule has 2 aliphatic rings. The first-order valence-corrected chi connectivity index (χ1v) is 10.8. The number of hydrogen-bond donors (Lipinski definition) is 0. The van der Waals surface area contributed by atoms with Crippen LogP contribution in [0.5, 0.6) is 11.5 Å². The van der Waals surface area contributed by atoms with Gasteiger partial charge in [-0.15, -0.1) is 0 Å². The van der Waals surface area contributed by atoms with Crippen LogP contribution in [-0.4, -0.2) is 29.6 Å². The number of pyridine rings is 1. The fraction of sp³-hybridized carbons (Fsp3) is 0.346. The van der Waals surface area contributed by atoms with Gasteiger partial charge in [0.25, 0.3) is 0 Å². The molecule has 4 heteroatoms. The van der Waals surface area contributed by atoms with E-state index in [4.69, 9.17) is 9.47 Å². The van der Waals surface area contributed by atoms with Crippen molar-refractivity contribution in [3.05, 3.63) is 77.1 Å². The van der Waals surface area contributed by atoms with Crippen LogP contribution in [-0.2, 0) is 6.54 Å². The van der Waals surface area contributed by atoms with Gasteiger partial charge in [-0.1, -0.05) is 30.3 Å². The lowest BCUT2D eigenvalue weighted by atomic mass is 10.0. The first-order chi connectivity index (χ1) is 14.7. The maximum atomic E-state index is 5.80. The summed E-state index contributed by atoms with van der Waals surface area (Å²) in [4.78, 5) is 7.07. The molecule has 0 spiro atoms. The van der Waals surface area contributed by atoms with E-state index in [1.54, 1.807) is 0 Å². The zero-order valence-electron chi connectivity index (χ0n) is 17.7. The summed E-state index contributed by atoms with van der Waals surface area (Å²) >= 11 is 0. The standard InChI is InChI=1S/C26H28N2O2/c1-18-14-23(15-19(2)27-18)21-7-5-20(6-8-21)17-28-11-3-4-24(28)22-9-10-25-26(16-22)30-13-12-29-25/h5-10,14-16,24H,3-4,11-13,17H2,1-2H3/t24-/m0/s1. The molecule has 0 bridgehead atoms.